The summed E-state index contributed by atoms with van der Waals surface area (Å²) in [6.07, 6.45) is 0.0233. The topological polar surface area (TPSA) is 66.4 Å². The van der Waals surface area contributed by atoms with Crippen molar-refractivity contribution in [3.63, 3.8) is 0 Å². The molecule has 0 heterocycles. The summed E-state index contributed by atoms with van der Waals surface area (Å²) in [6, 6.07) is 0.0431. The van der Waals surface area contributed by atoms with Gasteiger partial charge in [0.15, 0.2) is 0 Å². The van der Waals surface area contributed by atoms with E-state index in [4.69, 9.17) is 5.11 Å². The lowest BCUT2D eigenvalue weighted by Crippen LogP contribution is -2.35. The van der Waals surface area contributed by atoms with E-state index in [0.29, 0.717) is 0 Å². The number of aliphatic carboxylic acids is 1. The Bertz CT molecular complexity index is 258. The van der Waals surface area contributed by atoms with Crippen molar-refractivity contribution in [1.82, 2.24) is 5.32 Å². The Morgan fingerprint density at radius 3 is 2.12 bits per heavy atom. The number of nitrogens with one attached hydrogen (secondary N) is 1. The average Bonchev–Trinajstić information content (AvgIpc) is 1.97. The zero-order valence-electron chi connectivity index (χ0n) is 10.5. The second kappa shape index (κ2) is 6.13. The molecule has 0 aliphatic heterocycles. The highest BCUT2D eigenvalue weighted by Gasteiger charge is 2.27. The lowest BCUT2D eigenvalue weighted by Gasteiger charge is -2.22. The molecule has 4 nitrogen and oxygen atoms in total. The Labute approximate surface area is 101 Å². The Morgan fingerprint density at radius 2 is 1.81 bits per heavy atom. The van der Waals surface area contributed by atoms with E-state index >= 15 is 0 Å². The average molecular weight is 247 g/mol. The van der Waals surface area contributed by atoms with Crippen molar-refractivity contribution in [2.45, 2.75) is 57.1 Å². The van der Waals surface area contributed by atoms with Gasteiger partial charge in [-0.2, -0.15) is 0 Å². The second-order valence-corrected chi connectivity index (χ2v) is 7.01. The van der Waals surface area contributed by atoms with E-state index in [0.717, 1.165) is 0 Å². The molecular weight excluding hydrogens is 226 g/mol. The lowest BCUT2D eigenvalue weighted by molar-refractivity contribution is -0.138. The van der Waals surface area contributed by atoms with Crippen molar-refractivity contribution in [2.24, 2.45) is 0 Å². The summed E-state index contributed by atoms with van der Waals surface area (Å²) < 4.78 is -0.166. The van der Waals surface area contributed by atoms with Gasteiger partial charge in [0, 0.05) is 17.2 Å². The van der Waals surface area contributed by atoms with Crippen molar-refractivity contribution < 1.29 is 14.7 Å². The third kappa shape index (κ3) is 7.56. The van der Waals surface area contributed by atoms with E-state index in [9.17, 15) is 9.59 Å². The summed E-state index contributed by atoms with van der Waals surface area (Å²) in [4.78, 5) is 22.5. The summed E-state index contributed by atoms with van der Waals surface area (Å²) in [5.41, 5.74) is 0. The number of carbonyl (C=O) groups excluding carboxylic acids is 1. The molecule has 0 saturated heterocycles. The van der Waals surface area contributed by atoms with Crippen LogP contribution in [0.25, 0.3) is 0 Å². The maximum atomic E-state index is 11.5. The fraction of sp³-hybridized carbons (Fsp3) is 0.818. The molecule has 2 N–H and O–H groups in total. The minimum absolute atomic E-state index is 0.0233. The summed E-state index contributed by atoms with van der Waals surface area (Å²) in [7, 11) is 0. The van der Waals surface area contributed by atoms with Gasteiger partial charge >= 0.3 is 5.97 Å². The van der Waals surface area contributed by atoms with Crippen LogP contribution in [0.15, 0.2) is 0 Å². The number of rotatable bonds is 5. The molecule has 94 valence electrons. The first-order valence-corrected chi connectivity index (χ1v) is 6.20. The van der Waals surface area contributed by atoms with Crippen LogP contribution in [0.5, 0.6) is 0 Å². The van der Waals surface area contributed by atoms with Crippen LogP contribution in [-0.4, -0.2) is 33.0 Å². The predicted octanol–water partition coefficient (Wildman–Crippen LogP) is 1.89. The summed E-state index contributed by atoms with van der Waals surface area (Å²) in [5.74, 6) is -1.14. The van der Waals surface area contributed by atoms with Crippen molar-refractivity contribution in [1.29, 1.82) is 0 Å². The van der Waals surface area contributed by atoms with Crippen LogP contribution in [-0.2, 0) is 9.59 Å². The van der Waals surface area contributed by atoms with E-state index in [1.165, 1.54) is 11.8 Å². The monoisotopic (exact) mass is 247 g/mol. The SMILES string of the molecule is CC(C)NC(=O)CC(SC(C)(C)C)C(=O)O. The van der Waals surface area contributed by atoms with Gasteiger partial charge in [0.05, 0.1) is 0 Å². The molecule has 0 aromatic rings. The number of hydrogen-bond donors (Lipinski definition) is 2. The van der Waals surface area contributed by atoms with Gasteiger partial charge in [0.2, 0.25) is 5.91 Å². The quantitative estimate of drug-likeness (QED) is 0.778. The third-order valence-electron chi connectivity index (χ3n) is 1.59. The van der Waals surface area contributed by atoms with E-state index in [1.54, 1.807) is 0 Å². The van der Waals surface area contributed by atoms with Gasteiger partial charge in [0.25, 0.3) is 0 Å². The van der Waals surface area contributed by atoms with Crippen LogP contribution in [0, 0.1) is 0 Å². The zero-order valence-corrected chi connectivity index (χ0v) is 11.4. The molecule has 1 atom stereocenters. The Morgan fingerprint density at radius 1 is 1.31 bits per heavy atom. The normalized spacial score (nSPS) is 13.6. The molecular formula is C11H21NO3S. The van der Waals surface area contributed by atoms with Crippen LogP contribution < -0.4 is 5.32 Å². The van der Waals surface area contributed by atoms with Crippen LogP contribution in [0.4, 0.5) is 0 Å². The number of amides is 1. The maximum Gasteiger partial charge on any atom is 0.317 e. The highest BCUT2D eigenvalue weighted by atomic mass is 32.2. The van der Waals surface area contributed by atoms with Gasteiger partial charge in [-0.15, -0.1) is 11.8 Å². The maximum absolute atomic E-state index is 11.5. The fourth-order valence-electron chi connectivity index (χ4n) is 1.16. The zero-order chi connectivity index (χ0) is 12.9. The molecule has 0 radical (unpaired) electrons. The van der Waals surface area contributed by atoms with E-state index < -0.39 is 11.2 Å². The van der Waals surface area contributed by atoms with E-state index in [2.05, 4.69) is 5.32 Å². The van der Waals surface area contributed by atoms with Crippen LogP contribution >= 0.6 is 11.8 Å². The lowest BCUT2D eigenvalue weighted by atomic mass is 10.2. The first-order chi connectivity index (χ1) is 7.11. The molecule has 0 aromatic heterocycles. The molecule has 0 aromatic carbocycles. The van der Waals surface area contributed by atoms with Gasteiger partial charge in [-0.25, -0.2) is 0 Å². The molecule has 0 spiro atoms. The van der Waals surface area contributed by atoms with Crippen molar-refractivity contribution in [2.75, 3.05) is 0 Å². The molecule has 5 heteroatoms. The fourth-order valence-corrected chi connectivity index (χ4v) is 2.34. The Balaban J connectivity index is 4.35. The molecule has 0 rings (SSSR count). The number of carbonyl (C=O) groups is 2. The Hall–Kier alpha value is -0.710. The molecule has 1 amide bonds. The number of carboxylic acids is 1. The van der Waals surface area contributed by atoms with Crippen LogP contribution in [0.2, 0.25) is 0 Å². The standard InChI is InChI=1S/C11H21NO3S/c1-7(2)12-9(13)6-8(10(14)15)16-11(3,4)5/h7-8H,6H2,1-5H3,(H,12,13)(H,14,15). The molecule has 0 fully saturated rings. The van der Waals surface area contributed by atoms with Crippen LogP contribution in [0.1, 0.15) is 41.0 Å². The summed E-state index contributed by atoms with van der Waals surface area (Å²) in [6.45, 7) is 9.52. The predicted molar refractivity (Wildman–Crippen MR) is 66.7 cm³/mol. The second-order valence-electron chi connectivity index (χ2n) is 4.98. The first-order valence-electron chi connectivity index (χ1n) is 5.32. The smallest absolute Gasteiger partial charge is 0.317 e. The number of thioether (sulfide) groups is 1. The molecule has 0 bridgehead atoms. The molecule has 0 aliphatic rings. The van der Waals surface area contributed by atoms with Gasteiger partial charge in [-0.1, -0.05) is 20.8 Å². The first kappa shape index (κ1) is 15.3. The van der Waals surface area contributed by atoms with E-state index in [-0.39, 0.29) is 23.1 Å². The summed E-state index contributed by atoms with van der Waals surface area (Å²) >= 11 is 1.31. The van der Waals surface area contributed by atoms with Crippen molar-refractivity contribution in [3.8, 4) is 0 Å². The van der Waals surface area contributed by atoms with Gasteiger partial charge < -0.3 is 10.4 Å². The molecule has 0 saturated carbocycles. The highest BCUT2D eigenvalue weighted by Crippen LogP contribution is 2.29. The summed E-state index contributed by atoms with van der Waals surface area (Å²) in [5, 5.41) is 11.0. The van der Waals surface area contributed by atoms with Gasteiger partial charge in [-0.3, -0.25) is 9.59 Å². The third-order valence-corrected chi connectivity index (χ3v) is 2.95. The molecule has 16 heavy (non-hydrogen) atoms. The van der Waals surface area contributed by atoms with Gasteiger partial charge in [0.1, 0.15) is 5.25 Å². The number of carboxylic acid groups (broad SMARTS) is 1. The van der Waals surface area contributed by atoms with Crippen molar-refractivity contribution >= 4 is 23.6 Å². The minimum atomic E-state index is -0.932. The molecule has 0 aliphatic carbocycles. The minimum Gasteiger partial charge on any atom is -0.480 e. The molecule has 1 unspecified atom stereocenters. The van der Waals surface area contributed by atoms with E-state index in [1.807, 2.05) is 34.6 Å². The number of hydrogen-bond acceptors (Lipinski definition) is 3. The van der Waals surface area contributed by atoms with Crippen LogP contribution in [0.3, 0.4) is 0 Å². The Kier molecular flexibility index (Phi) is 5.86. The van der Waals surface area contributed by atoms with Crippen molar-refractivity contribution in [3.05, 3.63) is 0 Å². The van der Waals surface area contributed by atoms with Gasteiger partial charge in [-0.05, 0) is 13.8 Å². The largest absolute Gasteiger partial charge is 0.480 e. The highest BCUT2D eigenvalue weighted by molar-refractivity contribution is 8.01.